The minimum Gasteiger partial charge on any atom is -0.456 e. The average molecular weight is 415 g/mol. The van der Waals surface area contributed by atoms with Gasteiger partial charge in [-0.2, -0.15) is 0 Å². The van der Waals surface area contributed by atoms with E-state index in [1.54, 1.807) is 49.4 Å². The molecule has 3 rings (SSSR count). The third-order valence-corrected chi connectivity index (χ3v) is 4.70. The van der Waals surface area contributed by atoms with E-state index < -0.39 is 18.5 Å². The van der Waals surface area contributed by atoms with Crippen LogP contribution in [0.25, 0.3) is 0 Å². The molecule has 1 N–H and O–H groups in total. The Balaban J connectivity index is 1.41. The second-order valence-corrected chi connectivity index (χ2v) is 7.02. The summed E-state index contributed by atoms with van der Waals surface area (Å²) in [5.41, 5.74) is 2.11. The van der Waals surface area contributed by atoms with E-state index in [9.17, 15) is 19.2 Å². The van der Waals surface area contributed by atoms with Crippen molar-refractivity contribution in [2.24, 2.45) is 0 Å². The van der Waals surface area contributed by atoms with Crippen molar-refractivity contribution < 1.29 is 23.9 Å². The first-order valence-electron chi connectivity index (χ1n) is 9.03. The highest BCUT2D eigenvalue weighted by atomic mass is 35.5. The van der Waals surface area contributed by atoms with Gasteiger partial charge in [0.05, 0.1) is 11.1 Å². The summed E-state index contributed by atoms with van der Waals surface area (Å²) in [6.45, 7) is 1.48. The first-order valence-corrected chi connectivity index (χ1v) is 9.41. The fraction of sp³-hybridized carbons (Fsp3) is 0.238. The number of hydrogen-bond acceptors (Lipinski definition) is 5. The molecule has 0 spiro atoms. The maximum atomic E-state index is 12.2. The van der Waals surface area contributed by atoms with Crippen molar-refractivity contribution in [3.05, 3.63) is 64.2 Å². The largest absolute Gasteiger partial charge is 0.456 e. The number of esters is 1. The summed E-state index contributed by atoms with van der Waals surface area (Å²) in [4.78, 5) is 49.4. The molecule has 2 aromatic carbocycles. The van der Waals surface area contributed by atoms with Crippen molar-refractivity contribution in [2.75, 3.05) is 18.5 Å². The molecule has 0 atom stereocenters. The maximum absolute atomic E-state index is 12.2. The Morgan fingerprint density at radius 1 is 1.07 bits per heavy atom. The monoisotopic (exact) mass is 414 g/mol. The first kappa shape index (κ1) is 20.5. The Hall–Kier alpha value is -3.19. The number of carbonyl (C=O) groups excluding carboxylic acids is 4. The van der Waals surface area contributed by atoms with Gasteiger partial charge in [0.2, 0.25) is 0 Å². The smallest absolute Gasteiger partial charge is 0.306 e. The summed E-state index contributed by atoms with van der Waals surface area (Å²) in [6, 6.07) is 11.6. The second-order valence-electron chi connectivity index (χ2n) is 6.58. The van der Waals surface area contributed by atoms with Crippen molar-refractivity contribution in [3.63, 3.8) is 0 Å². The molecule has 150 valence electrons. The lowest BCUT2D eigenvalue weighted by molar-refractivity contribution is -0.147. The summed E-state index contributed by atoms with van der Waals surface area (Å²) >= 11 is 5.87. The summed E-state index contributed by atoms with van der Waals surface area (Å²) in [5, 5.41) is 3.20. The molecule has 0 unspecified atom stereocenters. The summed E-state index contributed by atoms with van der Waals surface area (Å²) < 4.78 is 4.95. The normalized spacial score (nSPS) is 12.7. The lowest BCUT2D eigenvalue weighted by Crippen LogP contribution is -2.31. The van der Waals surface area contributed by atoms with E-state index in [4.69, 9.17) is 16.3 Å². The van der Waals surface area contributed by atoms with E-state index >= 15 is 0 Å². The summed E-state index contributed by atoms with van der Waals surface area (Å²) in [6.07, 6.45) is 0.239. The predicted octanol–water partition coefficient (Wildman–Crippen LogP) is 3.21. The number of aryl methyl sites for hydroxylation is 1. The van der Waals surface area contributed by atoms with Crippen LogP contribution in [0.1, 0.15) is 39.1 Å². The quantitative estimate of drug-likeness (QED) is 0.554. The molecule has 8 heteroatoms. The fourth-order valence-corrected chi connectivity index (χ4v) is 3.22. The van der Waals surface area contributed by atoms with E-state index in [1.807, 2.05) is 0 Å². The van der Waals surface area contributed by atoms with Gasteiger partial charge in [0.25, 0.3) is 17.7 Å². The highest BCUT2D eigenvalue weighted by Gasteiger charge is 2.34. The number of anilines is 1. The highest BCUT2D eigenvalue weighted by Crippen LogP contribution is 2.23. The van der Waals surface area contributed by atoms with Crippen LogP contribution in [0.5, 0.6) is 0 Å². The molecule has 0 aliphatic carbocycles. The van der Waals surface area contributed by atoms with Crippen LogP contribution in [0.2, 0.25) is 5.02 Å². The molecule has 0 saturated heterocycles. The van der Waals surface area contributed by atoms with Crippen LogP contribution in [0, 0.1) is 6.92 Å². The second kappa shape index (κ2) is 8.87. The maximum Gasteiger partial charge on any atom is 0.306 e. The SMILES string of the molecule is Cc1cc(Cl)ccc1NC(=O)COC(=O)CCCN1C(=O)c2ccccc2C1=O. The zero-order valence-electron chi connectivity index (χ0n) is 15.7. The van der Waals surface area contributed by atoms with E-state index in [0.717, 1.165) is 10.5 Å². The van der Waals surface area contributed by atoms with E-state index in [-0.39, 0.29) is 31.2 Å². The van der Waals surface area contributed by atoms with Gasteiger partial charge in [0.15, 0.2) is 6.61 Å². The van der Waals surface area contributed by atoms with Crippen LogP contribution < -0.4 is 5.32 Å². The lowest BCUT2D eigenvalue weighted by atomic mass is 10.1. The van der Waals surface area contributed by atoms with Gasteiger partial charge in [0.1, 0.15) is 0 Å². The highest BCUT2D eigenvalue weighted by molar-refractivity contribution is 6.30. The number of halogens is 1. The molecule has 1 heterocycles. The Morgan fingerprint density at radius 2 is 1.72 bits per heavy atom. The average Bonchev–Trinajstić information content (AvgIpc) is 2.94. The lowest BCUT2D eigenvalue weighted by Gasteiger charge is -2.13. The molecule has 1 aliphatic heterocycles. The number of fused-ring (bicyclic) bond motifs is 1. The van der Waals surface area contributed by atoms with E-state index in [0.29, 0.717) is 21.8 Å². The van der Waals surface area contributed by atoms with Gasteiger partial charge in [-0.1, -0.05) is 23.7 Å². The van der Waals surface area contributed by atoms with Crippen molar-refractivity contribution in [1.29, 1.82) is 0 Å². The number of benzene rings is 2. The van der Waals surface area contributed by atoms with Gasteiger partial charge in [-0.15, -0.1) is 0 Å². The van der Waals surface area contributed by atoms with Crippen LogP contribution in [0.3, 0.4) is 0 Å². The number of hydrogen-bond donors (Lipinski definition) is 1. The van der Waals surface area contributed by atoms with Crippen molar-refractivity contribution in [3.8, 4) is 0 Å². The number of carbonyl (C=O) groups is 4. The van der Waals surface area contributed by atoms with Crippen molar-refractivity contribution in [2.45, 2.75) is 19.8 Å². The topological polar surface area (TPSA) is 92.8 Å². The third-order valence-electron chi connectivity index (χ3n) is 4.47. The standard InChI is InChI=1S/C21H19ClN2O5/c1-13-11-14(22)8-9-17(13)23-18(25)12-29-19(26)7-4-10-24-20(27)15-5-2-3-6-16(15)21(24)28/h2-3,5-6,8-9,11H,4,7,10,12H2,1H3,(H,23,25). The van der Waals surface area contributed by atoms with E-state index in [2.05, 4.69) is 5.32 Å². The zero-order chi connectivity index (χ0) is 21.0. The molecular weight excluding hydrogens is 396 g/mol. The van der Waals surface area contributed by atoms with Crippen LogP contribution in [0.4, 0.5) is 5.69 Å². The van der Waals surface area contributed by atoms with E-state index in [1.165, 1.54) is 0 Å². The molecule has 7 nitrogen and oxygen atoms in total. The van der Waals surface area contributed by atoms with Gasteiger partial charge in [-0.3, -0.25) is 24.1 Å². The van der Waals surface area contributed by atoms with Gasteiger partial charge in [-0.25, -0.2) is 0 Å². The minimum atomic E-state index is -0.579. The van der Waals surface area contributed by atoms with Crippen LogP contribution in [-0.4, -0.2) is 41.7 Å². The van der Waals surface area contributed by atoms with Crippen LogP contribution in [0.15, 0.2) is 42.5 Å². The van der Waals surface area contributed by atoms with Gasteiger partial charge >= 0.3 is 5.97 Å². The Kier molecular flexibility index (Phi) is 6.29. The first-order chi connectivity index (χ1) is 13.9. The Bertz CT molecular complexity index is 954. The molecule has 3 amide bonds. The number of nitrogens with one attached hydrogen (secondary N) is 1. The third kappa shape index (κ3) is 4.81. The van der Waals surface area contributed by atoms with Gasteiger partial charge in [-0.05, 0) is 49.2 Å². The molecule has 0 bridgehead atoms. The summed E-state index contributed by atoms with van der Waals surface area (Å²) in [5.74, 6) is -1.78. The van der Waals surface area contributed by atoms with Gasteiger partial charge in [0, 0.05) is 23.7 Å². The van der Waals surface area contributed by atoms with Crippen molar-refractivity contribution >= 4 is 41.0 Å². The van der Waals surface area contributed by atoms with Crippen LogP contribution >= 0.6 is 11.6 Å². The molecule has 0 fully saturated rings. The van der Waals surface area contributed by atoms with Crippen molar-refractivity contribution in [1.82, 2.24) is 4.90 Å². The van der Waals surface area contributed by atoms with Crippen LogP contribution in [-0.2, 0) is 14.3 Å². The van der Waals surface area contributed by atoms with Gasteiger partial charge < -0.3 is 10.1 Å². The molecule has 0 radical (unpaired) electrons. The number of ether oxygens (including phenoxy) is 1. The summed E-state index contributed by atoms with van der Waals surface area (Å²) in [7, 11) is 0. The predicted molar refractivity (Wildman–Crippen MR) is 107 cm³/mol. The number of amides is 3. The molecule has 0 aromatic heterocycles. The number of nitrogens with zero attached hydrogens (tertiary/aromatic N) is 1. The number of imide groups is 1. The molecule has 1 aliphatic rings. The molecule has 0 saturated carbocycles. The fourth-order valence-electron chi connectivity index (χ4n) is 3.00. The molecular formula is C21H19ClN2O5. The molecule has 29 heavy (non-hydrogen) atoms. The number of rotatable bonds is 7. The Morgan fingerprint density at radius 3 is 2.34 bits per heavy atom. The zero-order valence-corrected chi connectivity index (χ0v) is 16.5. The Labute approximate surface area is 172 Å². The molecule has 2 aromatic rings. The minimum absolute atomic E-state index is 0.0132.